The molecule has 0 bridgehead atoms. The minimum absolute atomic E-state index is 0.0327. The van der Waals surface area contributed by atoms with E-state index in [9.17, 15) is 10.1 Å². The molecule has 0 saturated heterocycles. The molecule has 0 aliphatic rings. The van der Waals surface area contributed by atoms with Gasteiger partial charge in [0.25, 0.3) is 5.69 Å². The average molecular weight is 325 g/mol. The number of nitrogens with zero attached hydrogens (tertiary/aromatic N) is 2. The highest BCUT2D eigenvalue weighted by atomic mass is 35.5. The van der Waals surface area contributed by atoms with E-state index >= 15 is 0 Å². The highest BCUT2D eigenvalue weighted by Gasteiger charge is 2.18. The predicted octanol–water partition coefficient (Wildman–Crippen LogP) is 5.55. The van der Waals surface area contributed by atoms with Gasteiger partial charge in [0.05, 0.1) is 10.6 Å². The van der Waals surface area contributed by atoms with Crippen molar-refractivity contribution < 1.29 is 4.92 Å². The molecule has 0 aliphatic carbocycles. The molecule has 0 amide bonds. The summed E-state index contributed by atoms with van der Waals surface area (Å²) in [5, 5.41) is 11.1. The molecule has 0 aromatic heterocycles. The van der Waals surface area contributed by atoms with Crippen LogP contribution in [0.25, 0.3) is 11.1 Å². The fourth-order valence-electron chi connectivity index (χ4n) is 2.34. The van der Waals surface area contributed by atoms with Crippen LogP contribution in [0.2, 0.25) is 0 Å². The number of anilines is 2. The van der Waals surface area contributed by atoms with Crippen LogP contribution in [0.5, 0.6) is 0 Å². The Bertz CT molecular complexity index is 820. The van der Waals surface area contributed by atoms with Gasteiger partial charge in [0.15, 0.2) is 0 Å². The Kier molecular flexibility index (Phi) is 4.26. The average Bonchev–Trinajstić information content (AvgIpc) is 2.62. The topological polar surface area (TPSA) is 46.4 Å². The summed E-state index contributed by atoms with van der Waals surface area (Å²) in [4.78, 5) is 10.7. The predicted molar refractivity (Wildman–Crippen MR) is 93.0 cm³/mol. The van der Waals surface area contributed by atoms with Crippen molar-refractivity contribution in [2.45, 2.75) is 0 Å². The third kappa shape index (κ3) is 3.17. The van der Waals surface area contributed by atoms with Crippen LogP contribution in [0.1, 0.15) is 0 Å². The van der Waals surface area contributed by atoms with Gasteiger partial charge in [-0.05, 0) is 29.3 Å². The maximum Gasteiger partial charge on any atom is 0.294 e. The molecule has 5 heteroatoms. The number of hydrogen-bond acceptors (Lipinski definition) is 3. The molecular weight excluding hydrogens is 312 g/mol. The Morgan fingerprint density at radius 1 is 0.783 bits per heavy atom. The molecule has 23 heavy (non-hydrogen) atoms. The van der Waals surface area contributed by atoms with Gasteiger partial charge in [0.1, 0.15) is 5.69 Å². The Balaban J connectivity index is 1.92. The standard InChI is InChI=1S/C18H13ClN2O2/c19-20(17-8-4-5-9-18(17)21(22)23)16-12-10-15(11-13-16)14-6-2-1-3-7-14/h1-13H. The molecule has 0 radical (unpaired) electrons. The number of rotatable bonds is 4. The van der Waals surface area contributed by atoms with Crippen molar-refractivity contribution >= 4 is 28.8 Å². The molecule has 3 aromatic rings. The number of halogens is 1. The van der Waals surface area contributed by atoms with E-state index in [1.807, 2.05) is 54.6 Å². The summed E-state index contributed by atoms with van der Waals surface area (Å²) in [7, 11) is 0. The fourth-order valence-corrected chi connectivity index (χ4v) is 2.59. The van der Waals surface area contributed by atoms with Gasteiger partial charge in [-0.2, -0.15) is 0 Å². The largest absolute Gasteiger partial charge is 0.294 e. The smallest absolute Gasteiger partial charge is 0.258 e. The first-order chi connectivity index (χ1) is 11.2. The molecule has 3 rings (SSSR count). The summed E-state index contributed by atoms with van der Waals surface area (Å²) >= 11 is 6.31. The summed E-state index contributed by atoms with van der Waals surface area (Å²) in [5.41, 5.74) is 3.13. The van der Waals surface area contributed by atoms with Crippen LogP contribution < -0.4 is 4.42 Å². The molecule has 0 saturated carbocycles. The monoisotopic (exact) mass is 324 g/mol. The van der Waals surface area contributed by atoms with Crippen LogP contribution in [0.3, 0.4) is 0 Å². The molecule has 4 nitrogen and oxygen atoms in total. The number of para-hydroxylation sites is 2. The highest BCUT2D eigenvalue weighted by molar-refractivity contribution is 6.30. The van der Waals surface area contributed by atoms with Crippen LogP contribution in [-0.4, -0.2) is 4.92 Å². The lowest BCUT2D eigenvalue weighted by Gasteiger charge is -2.16. The van der Waals surface area contributed by atoms with E-state index in [1.165, 1.54) is 10.5 Å². The van der Waals surface area contributed by atoms with E-state index in [4.69, 9.17) is 11.8 Å². The minimum atomic E-state index is -0.441. The normalized spacial score (nSPS) is 10.3. The van der Waals surface area contributed by atoms with Gasteiger partial charge in [-0.1, -0.05) is 54.6 Å². The minimum Gasteiger partial charge on any atom is -0.258 e. The zero-order valence-electron chi connectivity index (χ0n) is 12.1. The lowest BCUT2D eigenvalue weighted by Crippen LogP contribution is -2.04. The first-order valence-electron chi connectivity index (χ1n) is 7.01. The van der Waals surface area contributed by atoms with Crippen LogP contribution in [-0.2, 0) is 0 Å². The van der Waals surface area contributed by atoms with Crippen molar-refractivity contribution in [3.63, 3.8) is 0 Å². The van der Waals surface area contributed by atoms with Crippen molar-refractivity contribution in [2.24, 2.45) is 0 Å². The van der Waals surface area contributed by atoms with Gasteiger partial charge in [-0.25, -0.2) is 4.42 Å². The summed E-state index contributed by atoms with van der Waals surface area (Å²) in [5.74, 6) is 0. The van der Waals surface area contributed by atoms with E-state index in [0.29, 0.717) is 11.4 Å². The van der Waals surface area contributed by atoms with E-state index in [0.717, 1.165) is 11.1 Å². The van der Waals surface area contributed by atoms with Crippen molar-refractivity contribution in [3.8, 4) is 11.1 Å². The third-order valence-corrected chi connectivity index (χ3v) is 3.87. The summed E-state index contributed by atoms with van der Waals surface area (Å²) in [6.45, 7) is 0. The van der Waals surface area contributed by atoms with Crippen molar-refractivity contribution in [2.75, 3.05) is 4.42 Å². The first kappa shape index (κ1) is 15.1. The fraction of sp³-hybridized carbons (Fsp3) is 0. The van der Waals surface area contributed by atoms with E-state index in [2.05, 4.69) is 0 Å². The summed E-state index contributed by atoms with van der Waals surface area (Å²) in [6.07, 6.45) is 0. The van der Waals surface area contributed by atoms with Crippen molar-refractivity contribution in [1.82, 2.24) is 0 Å². The summed E-state index contributed by atoms with van der Waals surface area (Å²) in [6, 6.07) is 23.9. The van der Waals surface area contributed by atoms with Crippen LogP contribution in [0.4, 0.5) is 17.1 Å². The Morgan fingerprint density at radius 3 is 2.00 bits per heavy atom. The molecule has 0 fully saturated rings. The second-order valence-electron chi connectivity index (χ2n) is 4.94. The maximum atomic E-state index is 11.1. The van der Waals surface area contributed by atoms with E-state index in [-0.39, 0.29) is 5.69 Å². The lowest BCUT2D eigenvalue weighted by molar-refractivity contribution is -0.384. The third-order valence-electron chi connectivity index (χ3n) is 3.49. The van der Waals surface area contributed by atoms with Crippen LogP contribution >= 0.6 is 11.8 Å². The highest BCUT2D eigenvalue weighted by Crippen LogP contribution is 2.35. The van der Waals surface area contributed by atoms with Gasteiger partial charge >= 0.3 is 0 Å². The lowest BCUT2D eigenvalue weighted by atomic mass is 10.1. The van der Waals surface area contributed by atoms with Gasteiger partial charge in [-0.15, -0.1) is 0 Å². The zero-order chi connectivity index (χ0) is 16.2. The van der Waals surface area contributed by atoms with Gasteiger partial charge in [0, 0.05) is 17.8 Å². The molecule has 0 aliphatic heterocycles. The van der Waals surface area contributed by atoms with Gasteiger partial charge in [0.2, 0.25) is 0 Å². The molecule has 114 valence electrons. The molecule has 3 aromatic carbocycles. The van der Waals surface area contributed by atoms with E-state index < -0.39 is 4.92 Å². The molecule has 0 unspecified atom stereocenters. The molecular formula is C18H13ClN2O2. The second-order valence-corrected chi connectivity index (χ2v) is 5.28. The Morgan fingerprint density at radius 2 is 1.35 bits per heavy atom. The van der Waals surface area contributed by atoms with Crippen LogP contribution in [0, 0.1) is 10.1 Å². The Labute approximate surface area is 138 Å². The maximum absolute atomic E-state index is 11.1. The number of nitro groups is 1. The Hall–Kier alpha value is -2.85. The van der Waals surface area contributed by atoms with Crippen molar-refractivity contribution in [3.05, 3.63) is 89.0 Å². The number of hydrogen-bond donors (Lipinski definition) is 0. The zero-order valence-corrected chi connectivity index (χ0v) is 12.9. The van der Waals surface area contributed by atoms with Crippen LogP contribution in [0.15, 0.2) is 78.9 Å². The van der Waals surface area contributed by atoms with Gasteiger partial charge < -0.3 is 0 Å². The molecule has 0 spiro atoms. The second kappa shape index (κ2) is 6.50. The summed E-state index contributed by atoms with van der Waals surface area (Å²) < 4.78 is 1.30. The molecule has 0 atom stereocenters. The quantitative estimate of drug-likeness (QED) is 0.359. The SMILES string of the molecule is O=[N+]([O-])c1ccccc1N(Cl)c1ccc(-c2ccccc2)cc1. The number of benzene rings is 3. The number of nitro benzene ring substituents is 1. The van der Waals surface area contributed by atoms with Gasteiger partial charge in [-0.3, -0.25) is 10.1 Å². The first-order valence-corrected chi connectivity index (χ1v) is 7.35. The van der Waals surface area contributed by atoms with Crippen molar-refractivity contribution in [1.29, 1.82) is 0 Å². The molecule has 0 N–H and O–H groups in total. The van der Waals surface area contributed by atoms with E-state index in [1.54, 1.807) is 18.2 Å². The molecule has 0 heterocycles.